The maximum Gasteiger partial charge on any atom is 0.265 e. The molecule has 0 bridgehead atoms. The van der Waals surface area contributed by atoms with Crippen LogP contribution in [-0.4, -0.2) is 22.3 Å². The number of carbonyl (C=O) groups is 2. The number of rotatable bonds is 1. The Morgan fingerprint density at radius 1 is 1.23 bits per heavy atom. The molecule has 3 aliphatic rings. The van der Waals surface area contributed by atoms with E-state index in [0.29, 0.717) is 24.1 Å². The van der Waals surface area contributed by atoms with Crippen molar-refractivity contribution in [2.45, 2.75) is 58.1 Å². The number of nitrogens with zero attached hydrogens (tertiary/aromatic N) is 1. The Labute approximate surface area is 152 Å². The molecule has 1 fully saturated rings. The summed E-state index contributed by atoms with van der Waals surface area (Å²) < 4.78 is 14.4. The fourth-order valence-corrected chi connectivity index (χ4v) is 5.02. The second-order valence-corrected chi connectivity index (χ2v) is 8.64. The van der Waals surface area contributed by atoms with Crippen LogP contribution in [-0.2, 0) is 15.2 Å². The van der Waals surface area contributed by atoms with Crippen LogP contribution >= 0.6 is 0 Å². The van der Waals surface area contributed by atoms with E-state index in [9.17, 15) is 19.1 Å². The van der Waals surface area contributed by atoms with Crippen molar-refractivity contribution in [2.24, 2.45) is 11.8 Å². The minimum Gasteiger partial charge on any atom is -0.375 e. The van der Waals surface area contributed by atoms with E-state index in [2.05, 4.69) is 0 Å². The number of halogens is 1. The van der Waals surface area contributed by atoms with Crippen molar-refractivity contribution < 1.29 is 19.1 Å². The summed E-state index contributed by atoms with van der Waals surface area (Å²) in [6.07, 6.45) is 3.46. The number of ketones is 1. The molecule has 0 aromatic heterocycles. The number of Topliss-reactive ketones (excluding diaryl/α,β-unsaturated/α-hetero) is 1. The molecular weight excluding hydrogens is 333 g/mol. The summed E-state index contributed by atoms with van der Waals surface area (Å²) in [6.45, 7) is 7.66. The lowest BCUT2D eigenvalue weighted by Crippen LogP contribution is -2.55. The van der Waals surface area contributed by atoms with E-state index in [1.807, 2.05) is 33.8 Å². The van der Waals surface area contributed by atoms with Crippen LogP contribution in [0.15, 0.2) is 18.2 Å². The summed E-state index contributed by atoms with van der Waals surface area (Å²) >= 11 is 0. The minimum atomic E-state index is -1.99. The van der Waals surface area contributed by atoms with Gasteiger partial charge >= 0.3 is 0 Å². The highest BCUT2D eigenvalue weighted by Gasteiger charge is 2.61. The molecule has 1 amide bonds. The molecule has 1 aromatic carbocycles. The zero-order chi connectivity index (χ0) is 19.0. The third kappa shape index (κ3) is 2.10. The molecule has 3 unspecified atom stereocenters. The van der Waals surface area contributed by atoms with Crippen molar-refractivity contribution in [3.05, 3.63) is 35.2 Å². The summed E-state index contributed by atoms with van der Waals surface area (Å²) in [5.41, 5.74) is -0.376. The molecule has 0 saturated heterocycles. The first-order valence-corrected chi connectivity index (χ1v) is 9.21. The fraction of sp³-hybridized carbons (Fsp3) is 0.524. The first kappa shape index (κ1) is 17.4. The SMILES string of the molecule is CC1=CC(C)(C)N2C(=O)C(O)(C3CCC(C)CC3=O)c3cc(F)cc1c32. The molecular formula is C21H24FNO3. The summed E-state index contributed by atoms with van der Waals surface area (Å²) in [5.74, 6) is -1.70. The van der Waals surface area contributed by atoms with Gasteiger partial charge in [-0.05, 0) is 57.2 Å². The van der Waals surface area contributed by atoms with Crippen molar-refractivity contribution in [1.82, 2.24) is 0 Å². The molecule has 26 heavy (non-hydrogen) atoms. The summed E-state index contributed by atoms with van der Waals surface area (Å²) in [6, 6.07) is 2.63. The Hall–Kier alpha value is -2.01. The van der Waals surface area contributed by atoms with Gasteiger partial charge in [0.2, 0.25) is 0 Å². The average Bonchev–Trinajstić information content (AvgIpc) is 2.75. The molecule has 1 aromatic rings. The molecule has 5 heteroatoms. The van der Waals surface area contributed by atoms with Gasteiger partial charge in [-0.2, -0.15) is 0 Å². The highest BCUT2D eigenvalue weighted by atomic mass is 19.1. The van der Waals surface area contributed by atoms with Gasteiger partial charge in [-0.25, -0.2) is 4.39 Å². The number of hydrogen-bond acceptors (Lipinski definition) is 3. The van der Waals surface area contributed by atoms with Crippen molar-refractivity contribution >= 4 is 23.0 Å². The Kier molecular flexibility index (Phi) is 3.52. The molecule has 0 radical (unpaired) electrons. The predicted octanol–water partition coefficient (Wildman–Crippen LogP) is 3.56. The van der Waals surface area contributed by atoms with E-state index in [0.717, 1.165) is 12.0 Å². The van der Waals surface area contributed by atoms with Gasteiger partial charge in [-0.1, -0.05) is 13.0 Å². The fourth-order valence-electron chi connectivity index (χ4n) is 5.02. The zero-order valence-corrected chi connectivity index (χ0v) is 15.6. The van der Waals surface area contributed by atoms with Crippen LogP contribution in [0.3, 0.4) is 0 Å². The number of allylic oxidation sites excluding steroid dienone is 1. The topological polar surface area (TPSA) is 57.6 Å². The Morgan fingerprint density at radius 2 is 1.92 bits per heavy atom. The molecule has 1 saturated carbocycles. The Balaban J connectivity index is 1.96. The standard InChI is InChI=1S/C21H24FNO3/c1-11-5-6-15(17(24)7-11)21(26)16-9-13(22)8-14-12(2)10-20(3,4)23(18(14)16)19(21)25/h8-11,15,26H,5-7H2,1-4H3. The van der Waals surface area contributed by atoms with Crippen molar-refractivity contribution in [3.8, 4) is 0 Å². The van der Waals surface area contributed by atoms with Gasteiger partial charge in [0.1, 0.15) is 11.6 Å². The normalized spacial score (nSPS) is 32.5. The molecule has 4 nitrogen and oxygen atoms in total. The number of carbonyl (C=O) groups excluding carboxylic acids is 2. The van der Waals surface area contributed by atoms with E-state index in [4.69, 9.17) is 0 Å². The average molecular weight is 357 g/mol. The van der Waals surface area contributed by atoms with E-state index in [1.54, 1.807) is 4.90 Å². The minimum absolute atomic E-state index is 0.111. The molecule has 0 spiro atoms. The summed E-state index contributed by atoms with van der Waals surface area (Å²) in [7, 11) is 0. The maximum absolute atomic E-state index is 14.4. The number of hydrogen-bond donors (Lipinski definition) is 1. The number of aliphatic hydroxyl groups is 1. The molecule has 3 atom stereocenters. The first-order chi connectivity index (χ1) is 12.1. The van der Waals surface area contributed by atoms with Gasteiger partial charge in [-0.15, -0.1) is 0 Å². The Morgan fingerprint density at radius 3 is 2.58 bits per heavy atom. The largest absolute Gasteiger partial charge is 0.375 e. The third-order valence-corrected chi connectivity index (χ3v) is 6.20. The Bertz CT molecular complexity index is 872. The quantitative estimate of drug-likeness (QED) is 0.836. The van der Waals surface area contributed by atoms with E-state index >= 15 is 0 Å². The maximum atomic E-state index is 14.4. The van der Waals surface area contributed by atoms with Gasteiger partial charge in [-0.3, -0.25) is 14.5 Å². The van der Waals surface area contributed by atoms with E-state index in [-0.39, 0.29) is 17.3 Å². The van der Waals surface area contributed by atoms with Gasteiger partial charge in [0.15, 0.2) is 5.60 Å². The van der Waals surface area contributed by atoms with Crippen molar-refractivity contribution in [3.63, 3.8) is 0 Å². The van der Waals surface area contributed by atoms with Crippen LogP contribution in [0.2, 0.25) is 0 Å². The first-order valence-electron chi connectivity index (χ1n) is 9.21. The highest BCUT2D eigenvalue weighted by Crippen LogP contribution is 2.55. The molecule has 138 valence electrons. The number of benzene rings is 1. The van der Waals surface area contributed by atoms with Crippen LogP contribution in [0.5, 0.6) is 0 Å². The molecule has 4 rings (SSSR count). The predicted molar refractivity (Wildman–Crippen MR) is 97.0 cm³/mol. The smallest absolute Gasteiger partial charge is 0.265 e. The second kappa shape index (κ2) is 5.26. The van der Waals surface area contributed by atoms with Gasteiger partial charge in [0, 0.05) is 17.5 Å². The monoisotopic (exact) mass is 357 g/mol. The molecule has 1 aliphatic carbocycles. The van der Waals surface area contributed by atoms with E-state index in [1.165, 1.54) is 12.1 Å². The number of amides is 1. The highest BCUT2D eigenvalue weighted by molar-refractivity contribution is 6.13. The van der Waals surface area contributed by atoms with Crippen molar-refractivity contribution in [1.29, 1.82) is 0 Å². The zero-order valence-electron chi connectivity index (χ0n) is 15.6. The molecule has 1 N–H and O–H groups in total. The van der Waals surface area contributed by atoms with Crippen LogP contribution in [0.25, 0.3) is 5.57 Å². The van der Waals surface area contributed by atoms with E-state index < -0.39 is 28.8 Å². The van der Waals surface area contributed by atoms with Gasteiger partial charge in [0.05, 0.1) is 17.1 Å². The summed E-state index contributed by atoms with van der Waals surface area (Å²) in [4.78, 5) is 27.7. The molecule has 2 heterocycles. The van der Waals surface area contributed by atoms with Gasteiger partial charge < -0.3 is 5.11 Å². The van der Waals surface area contributed by atoms with Crippen LogP contribution < -0.4 is 4.90 Å². The lowest BCUT2D eigenvalue weighted by molar-refractivity contribution is -0.153. The lowest BCUT2D eigenvalue weighted by atomic mass is 9.70. The van der Waals surface area contributed by atoms with Crippen LogP contribution in [0.1, 0.15) is 58.1 Å². The van der Waals surface area contributed by atoms with Gasteiger partial charge in [0.25, 0.3) is 5.91 Å². The molecule has 2 aliphatic heterocycles. The van der Waals surface area contributed by atoms with Crippen LogP contribution in [0, 0.1) is 17.7 Å². The lowest BCUT2D eigenvalue weighted by Gasteiger charge is -2.40. The summed E-state index contributed by atoms with van der Waals surface area (Å²) in [5, 5.41) is 11.6. The van der Waals surface area contributed by atoms with Crippen LogP contribution in [0.4, 0.5) is 10.1 Å². The third-order valence-electron chi connectivity index (χ3n) is 6.20. The van der Waals surface area contributed by atoms with Crippen molar-refractivity contribution in [2.75, 3.05) is 4.90 Å². The number of anilines is 1. The second-order valence-electron chi connectivity index (χ2n) is 8.64.